The van der Waals surface area contributed by atoms with Crippen molar-refractivity contribution < 1.29 is 0 Å². The molecule has 0 heterocycles. The van der Waals surface area contributed by atoms with Crippen LogP contribution in [0.4, 0.5) is 0 Å². The molecule has 4 saturated carbocycles. The summed E-state index contributed by atoms with van der Waals surface area (Å²) in [6.45, 7) is 9.48. The van der Waals surface area contributed by atoms with E-state index >= 15 is 0 Å². The molecule has 4 fully saturated rings. The van der Waals surface area contributed by atoms with Crippen LogP contribution in [-0.4, -0.2) is 0 Å². The van der Waals surface area contributed by atoms with Gasteiger partial charge in [0.05, 0.1) is 0 Å². The highest BCUT2D eigenvalue weighted by atomic mass is 14.5. The second-order valence-corrected chi connectivity index (χ2v) is 9.14. The zero-order valence-electron chi connectivity index (χ0n) is 15.7. The molecule has 0 heteroatoms. The predicted octanol–water partition coefficient (Wildman–Crippen LogP) is 6.94. The maximum atomic E-state index is 2.37. The van der Waals surface area contributed by atoms with Gasteiger partial charge >= 0.3 is 0 Å². The highest BCUT2D eigenvalue weighted by Gasteiger charge is 2.44. The minimum absolute atomic E-state index is 1.11. The van der Waals surface area contributed by atoms with Crippen molar-refractivity contribution in [1.82, 2.24) is 0 Å². The number of fused-ring (bicyclic) bond motifs is 4. The maximum absolute atomic E-state index is 2.37. The molecule has 0 aromatic carbocycles. The van der Waals surface area contributed by atoms with Crippen LogP contribution in [-0.2, 0) is 0 Å². The largest absolute Gasteiger partial charge is 0.0651 e. The van der Waals surface area contributed by atoms with Gasteiger partial charge in [-0.25, -0.2) is 0 Å². The van der Waals surface area contributed by atoms with Gasteiger partial charge in [-0.15, -0.1) is 0 Å². The third kappa shape index (κ3) is 3.13. The molecule has 6 atom stereocenters. The molecule has 6 unspecified atom stereocenters. The summed E-state index contributed by atoms with van der Waals surface area (Å²) < 4.78 is 0. The van der Waals surface area contributed by atoms with Gasteiger partial charge in [-0.1, -0.05) is 53.4 Å². The van der Waals surface area contributed by atoms with E-state index in [-0.39, 0.29) is 0 Å². The molecule has 22 heavy (non-hydrogen) atoms. The van der Waals surface area contributed by atoms with Crippen molar-refractivity contribution in [3.8, 4) is 0 Å². The lowest BCUT2D eigenvalue weighted by Crippen LogP contribution is -2.18. The predicted molar refractivity (Wildman–Crippen MR) is 96.8 cm³/mol. The third-order valence-corrected chi connectivity index (χ3v) is 8.34. The molecule has 128 valence electrons. The number of hydrogen-bond acceptors (Lipinski definition) is 0. The first kappa shape index (κ1) is 16.8. The van der Waals surface area contributed by atoms with Crippen molar-refractivity contribution in [3.63, 3.8) is 0 Å². The van der Waals surface area contributed by atoms with Gasteiger partial charge in [-0.05, 0) is 85.9 Å². The van der Waals surface area contributed by atoms with Crippen molar-refractivity contribution in [2.75, 3.05) is 0 Å². The Bertz CT molecular complexity index is 316. The first-order chi connectivity index (χ1) is 10.7. The smallest absolute Gasteiger partial charge is 0.0355 e. The molecule has 0 nitrogen and oxygen atoms in total. The van der Waals surface area contributed by atoms with E-state index in [1.165, 1.54) is 25.7 Å². The molecule has 4 aliphatic rings. The quantitative estimate of drug-likeness (QED) is 0.528. The van der Waals surface area contributed by atoms with E-state index in [4.69, 9.17) is 0 Å². The molecule has 4 rings (SSSR count). The van der Waals surface area contributed by atoms with Gasteiger partial charge in [0.25, 0.3) is 0 Å². The van der Waals surface area contributed by atoms with Crippen LogP contribution in [0.5, 0.6) is 0 Å². The van der Waals surface area contributed by atoms with E-state index in [1.54, 1.807) is 38.5 Å². The topological polar surface area (TPSA) is 0 Å². The summed E-state index contributed by atoms with van der Waals surface area (Å²) in [4.78, 5) is 0. The monoisotopic (exact) mass is 304 g/mol. The van der Waals surface area contributed by atoms with Gasteiger partial charge in [0.1, 0.15) is 0 Å². The number of rotatable bonds is 4. The molecule has 0 aliphatic heterocycles. The van der Waals surface area contributed by atoms with Gasteiger partial charge in [0.2, 0.25) is 0 Å². The van der Waals surface area contributed by atoms with Crippen LogP contribution in [0.3, 0.4) is 0 Å². The zero-order chi connectivity index (χ0) is 15.7. The van der Waals surface area contributed by atoms with Crippen molar-refractivity contribution >= 4 is 0 Å². The molecule has 4 aliphatic carbocycles. The third-order valence-electron chi connectivity index (χ3n) is 8.34. The summed E-state index contributed by atoms with van der Waals surface area (Å²) in [6, 6.07) is 0. The van der Waals surface area contributed by atoms with Crippen LogP contribution in [0.1, 0.15) is 91.9 Å². The Morgan fingerprint density at radius 1 is 0.500 bits per heavy atom. The molecular formula is C22H40. The molecule has 0 N–H and O–H groups in total. The fourth-order valence-corrected chi connectivity index (χ4v) is 7.10. The minimum Gasteiger partial charge on any atom is -0.0651 e. The summed E-state index contributed by atoms with van der Waals surface area (Å²) in [5.41, 5.74) is 0. The van der Waals surface area contributed by atoms with Crippen LogP contribution >= 0.6 is 0 Å². The lowest BCUT2D eigenvalue weighted by atomic mass is 9.78. The molecule has 0 aromatic heterocycles. The minimum atomic E-state index is 1.11. The Hall–Kier alpha value is 0. The first-order valence-electron chi connectivity index (χ1n) is 10.7. The van der Waals surface area contributed by atoms with E-state index in [0.717, 1.165) is 47.3 Å². The number of hydrogen-bond donors (Lipinski definition) is 0. The zero-order valence-corrected chi connectivity index (χ0v) is 15.7. The fourth-order valence-electron chi connectivity index (χ4n) is 7.10. The highest BCUT2D eigenvalue weighted by molar-refractivity contribution is 4.94. The second-order valence-electron chi connectivity index (χ2n) is 9.14. The van der Waals surface area contributed by atoms with Crippen LogP contribution in [0, 0.1) is 47.3 Å². The van der Waals surface area contributed by atoms with E-state index in [2.05, 4.69) is 27.7 Å². The van der Waals surface area contributed by atoms with Gasteiger partial charge in [0.15, 0.2) is 0 Å². The van der Waals surface area contributed by atoms with Crippen molar-refractivity contribution in [1.29, 1.82) is 0 Å². The first-order valence-corrected chi connectivity index (χ1v) is 10.7. The average Bonchev–Trinajstić information content (AvgIpc) is 3.32. The Kier molecular flexibility index (Phi) is 5.56. The van der Waals surface area contributed by atoms with E-state index in [9.17, 15) is 0 Å². The van der Waals surface area contributed by atoms with Gasteiger partial charge in [0, 0.05) is 0 Å². The molecule has 0 radical (unpaired) electrons. The standard InChI is InChI=1S/2C11H20/c1-3-9-5-8-6-10(4-2)11(9)7-8;1-3-8-5-11-7-10(8)6-9(11)4-2/h2*8-11H,3-7H2,1-2H3. The SMILES string of the molecule is CCC1CC2CC(CC)C1C2.CCC1CC2CC1CC2CC. The van der Waals surface area contributed by atoms with Crippen molar-refractivity contribution in [2.45, 2.75) is 91.9 Å². The molecule has 4 bridgehead atoms. The lowest BCUT2D eigenvalue weighted by Gasteiger charge is -2.27. The Balaban J connectivity index is 0.000000131. The molecular weight excluding hydrogens is 264 g/mol. The van der Waals surface area contributed by atoms with Crippen molar-refractivity contribution in [2.24, 2.45) is 47.3 Å². The summed E-state index contributed by atoms with van der Waals surface area (Å²) in [6.07, 6.45) is 15.2. The average molecular weight is 305 g/mol. The van der Waals surface area contributed by atoms with Gasteiger partial charge < -0.3 is 0 Å². The van der Waals surface area contributed by atoms with Crippen LogP contribution in [0.15, 0.2) is 0 Å². The maximum Gasteiger partial charge on any atom is -0.0355 e. The lowest BCUT2D eigenvalue weighted by molar-refractivity contribution is 0.227. The van der Waals surface area contributed by atoms with Crippen LogP contribution < -0.4 is 0 Å². The van der Waals surface area contributed by atoms with Gasteiger partial charge in [-0.3, -0.25) is 0 Å². The molecule has 0 saturated heterocycles. The molecule has 0 aromatic rings. The van der Waals surface area contributed by atoms with Crippen molar-refractivity contribution in [3.05, 3.63) is 0 Å². The normalized spacial score (nSPS) is 48.5. The summed E-state index contributed by atoms with van der Waals surface area (Å²) in [7, 11) is 0. The molecule has 0 spiro atoms. The van der Waals surface area contributed by atoms with Gasteiger partial charge in [-0.2, -0.15) is 0 Å². The Labute approximate surface area is 139 Å². The van der Waals surface area contributed by atoms with E-state index in [0.29, 0.717) is 0 Å². The Morgan fingerprint density at radius 2 is 0.955 bits per heavy atom. The summed E-state index contributed by atoms with van der Waals surface area (Å²) >= 11 is 0. The van der Waals surface area contributed by atoms with Crippen LogP contribution in [0.2, 0.25) is 0 Å². The van der Waals surface area contributed by atoms with E-state index < -0.39 is 0 Å². The summed E-state index contributed by atoms with van der Waals surface area (Å²) in [5, 5.41) is 0. The fraction of sp³-hybridized carbons (Fsp3) is 1.00. The molecule has 0 amide bonds. The Morgan fingerprint density at radius 3 is 1.27 bits per heavy atom. The van der Waals surface area contributed by atoms with Crippen LogP contribution in [0.25, 0.3) is 0 Å². The second kappa shape index (κ2) is 7.27. The summed E-state index contributed by atoms with van der Waals surface area (Å²) in [5.74, 6) is 8.98. The van der Waals surface area contributed by atoms with E-state index in [1.807, 2.05) is 0 Å². The highest BCUT2D eigenvalue weighted by Crippen LogP contribution is 2.54.